The van der Waals surface area contributed by atoms with E-state index < -0.39 is 6.23 Å². The monoisotopic (exact) mass is 276 g/mol. The van der Waals surface area contributed by atoms with Crippen molar-refractivity contribution in [3.8, 4) is 11.5 Å². The van der Waals surface area contributed by atoms with Crippen molar-refractivity contribution in [2.24, 2.45) is 5.41 Å². The number of hydrogen-bond acceptors (Lipinski definition) is 5. The summed E-state index contributed by atoms with van der Waals surface area (Å²) in [5.41, 5.74) is 2.06. The number of benzene rings is 1. The first-order valence-corrected chi connectivity index (χ1v) is 7.20. The number of phenolic OH excluding ortho intramolecular Hbond substituents is 1. The van der Waals surface area contributed by atoms with Crippen LogP contribution in [0.5, 0.6) is 11.5 Å². The third-order valence-corrected chi connectivity index (χ3v) is 5.08. The van der Waals surface area contributed by atoms with E-state index in [9.17, 15) is 10.2 Å². The van der Waals surface area contributed by atoms with Crippen LogP contribution in [0.2, 0.25) is 0 Å². The van der Waals surface area contributed by atoms with Crippen molar-refractivity contribution < 1.29 is 14.9 Å². The Morgan fingerprint density at radius 2 is 2.20 bits per heavy atom. The average Bonchev–Trinajstić information content (AvgIpc) is 3.10. The van der Waals surface area contributed by atoms with Gasteiger partial charge in [-0.25, -0.2) is 0 Å². The Balaban J connectivity index is 1.73. The first-order valence-electron chi connectivity index (χ1n) is 7.20. The average molecular weight is 276 g/mol. The third kappa shape index (κ3) is 1.70. The molecule has 5 heteroatoms. The van der Waals surface area contributed by atoms with E-state index in [1.165, 1.54) is 20.0 Å². The number of anilines is 1. The summed E-state index contributed by atoms with van der Waals surface area (Å²) in [7, 11) is 1.52. The molecule has 0 amide bonds. The standard InChI is InChI=1S/C15H20N2O3/c1-20-13-4-10-11(5-12(13)18)16-7-9-6-15(2-3-15)8-17(9)14(10)19/h4-5,9,14,16,18-19H,2-3,6-8H2,1H3/t9-,14?/m0/s1. The Morgan fingerprint density at radius 1 is 1.40 bits per heavy atom. The molecule has 0 aromatic heterocycles. The molecular formula is C15H20N2O3. The second-order valence-corrected chi connectivity index (χ2v) is 6.40. The van der Waals surface area contributed by atoms with E-state index in [4.69, 9.17) is 4.74 Å². The van der Waals surface area contributed by atoms with Gasteiger partial charge >= 0.3 is 0 Å². The number of methoxy groups -OCH3 is 1. The fraction of sp³-hybridized carbons (Fsp3) is 0.600. The number of phenols is 1. The highest BCUT2D eigenvalue weighted by Crippen LogP contribution is 2.57. The van der Waals surface area contributed by atoms with E-state index in [0.29, 0.717) is 17.2 Å². The summed E-state index contributed by atoms with van der Waals surface area (Å²) in [6.45, 7) is 1.79. The van der Waals surface area contributed by atoms with Crippen molar-refractivity contribution in [3.05, 3.63) is 17.7 Å². The Morgan fingerprint density at radius 3 is 2.90 bits per heavy atom. The molecule has 1 saturated carbocycles. The predicted molar refractivity (Wildman–Crippen MR) is 74.9 cm³/mol. The Kier molecular flexibility index (Phi) is 2.47. The van der Waals surface area contributed by atoms with Crippen molar-refractivity contribution in [2.75, 3.05) is 25.5 Å². The molecule has 1 unspecified atom stereocenters. The van der Waals surface area contributed by atoms with Crippen LogP contribution in [-0.2, 0) is 0 Å². The van der Waals surface area contributed by atoms with E-state index in [1.54, 1.807) is 12.1 Å². The maximum atomic E-state index is 10.7. The van der Waals surface area contributed by atoms with Crippen LogP contribution in [0.15, 0.2) is 12.1 Å². The number of aliphatic hydroxyl groups excluding tert-OH is 1. The highest BCUT2D eigenvalue weighted by atomic mass is 16.5. The van der Waals surface area contributed by atoms with Gasteiger partial charge in [-0.3, -0.25) is 4.90 Å². The predicted octanol–water partition coefficient (Wildman–Crippen LogP) is 1.67. The Labute approximate surface area is 118 Å². The molecule has 1 spiro atoms. The molecule has 0 bridgehead atoms. The highest BCUT2D eigenvalue weighted by Gasteiger charge is 2.53. The molecule has 3 aliphatic rings. The van der Waals surface area contributed by atoms with Crippen molar-refractivity contribution in [1.82, 2.24) is 4.90 Å². The first kappa shape index (κ1) is 12.3. The van der Waals surface area contributed by atoms with Gasteiger partial charge in [-0.1, -0.05) is 0 Å². The summed E-state index contributed by atoms with van der Waals surface area (Å²) < 4.78 is 5.16. The highest BCUT2D eigenvalue weighted by molar-refractivity contribution is 5.61. The summed E-state index contributed by atoms with van der Waals surface area (Å²) in [5.74, 6) is 0.509. The summed E-state index contributed by atoms with van der Waals surface area (Å²) in [6, 6.07) is 3.75. The fourth-order valence-electron chi connectivity index (χ4n) is 3.73. The number of fused-ring (bicyclic) bond motifs is 2. The van der Waals surface area contributed by atoms with E-state index >= 15 is 0 Å². The lowest BCUT2D eigenvalue weighted by Gasteiger charge is -2.27. The number of nitrogens with zero attached hydrogens (tertiary/aromatic N) is 1. The zero-order chi connectivity index (χ0) is 13.9. The van der Waals surface area contributed by atoms with Gasteiger partial charge in [-0.15, -0.1) is 0 Å². The molecule has 4 rings (SSSR count). The van der Waals surface area contributed by atoms with Crippen molar-refractivity contribution in [1.29, 1.82) is 0 Å². The second-order valence-electron chi connectivity index (χ2n) is 6.40. The lowest BCUT2D eigenvalue weighted by atomic mass is 10.0. The van der Waals surface area contributed by atoms with Crippen LogP contribution in [0.4, 0.5) is 5.69 Å². The van der Waals surface area contributed by atoms with Gasteiger partial charge in [-0.2, -0.15) is 0 Å². The maximum Gasteiger partial charge on any atom is 0.161 e. The van der Waals surface area contributed by atoms with Crippen LogP contribution in [0, 0.1) is 5.41 Å². The number of hydrogen-bond donors (Lipinski definition) is 3. The fourth-order valence-corrected chi connectivity index (χ4v) is 3.73. The van der Waals surface area contributed by atoms with Gasteiger partial charge in [0.25, 0.3) is 0 Å². The molecule has 2 atom stereocenters. The molecule has 3 N–H and O–H groups in total. The summed E-state index contributed by atoms with van der Waals surface area (Å²) in [4.78, 5) is 2.20. The number of rotatable bonds is 1. The van der Waals surface area contributed by atoms with E-state index in [0.717, 1.165) is 30.8 Å². The molecular weight excluding hydrogens is 256 g/mol. The third-order valence-electron chi connectivity index (χ3n) is 5.08. The molecule has 2 aliphatic heterocycles. The van der Waals surface area contributed by atoms with Crippen LogP contribution in [0.25, 0.3) is 0 Å². The van der Waals surface area contributed by atoms with E-state index in [1.807, 2.05) is 0 Å². The normalized spacial score (nSPS) is 30.3. The van der Waals surface area contributed by atoms with Crippen molar-refractivity contribution >= 4 is 5.69 Å². The molecule has 20 heavy (non-hydrogen) atoms. The Hall–Kier alpha value is -1.46. The molecule has 0 radical (unpaired) electrons. The van der Waals surface area contributed by atoms with Crippen LogP contribution in [-0.4, -0.2) is 41.4 Å². The minimum atomic E-state index is -0.625. The zero-order valence-electron chi connectivity index (χ0n) is 11.6. The SMILES string of the molecule is COc1cc2c(cc1O)NC[C@@H]1CC3(CC3)CN1C2O. The van der Waals surface area contributed by atoms with Crippen LogP contribution in [0.1, 0.15) is 31.1 Å². The maximum absolute atomic E-state index is 10.7. The molecule has 2 fully saturated rings. The minimum absolute atomic E-state index is 0.103. The lowest BCUT2D eigenvalue weighted by molar-refractivity contribution is -0.00359. The molecule has 108 valence electrons. The van der Waals surface area contributed by atoms with E-state index in [2.05, 4.69) is 10.2 Å². The minimum Gasteiger partial charge on any atom is -0.504 e. The summed E-state index contributed by atoms with van der Waals surface area (Å²) in [5, 5.41) is 24.0. The van der Waals surface area contributed by atoms with Crippen LogP contribution < -0.4 is 10.1 Å². The molecule has 1 saturated heterocycles. The number of aliphatic hydroxyl groups is 1. The number of nitrogens with one attached hydrogen (secondary N) is 1. The van der Waals surface area contributed by atoms with Gasteiger partial charge < -0.3 is 20.3 Å². The molecule has 5 nitrogen and oxygen atoms in total. The first-order chi connectivity index (χ1) is 9.62. The van der Waals surface area contributed by atoms with Gasteiger partial charge in [0, 0.05) is 36.4 Å². The van der Waals surface area contributed by atoms with E-state index in [-0.39, 0.29) is 5.75 Å². The quantitative estimate of drug-likeness (QED) is 0.728. The smallest absolute Gasteiger partial charge is 0.161 e. The molecule has 1 aliphatic carbocycles. The largest absolute Gasteiger partial charge is 0.504 e. The topological polar surface area (TPSA) is 65.0 Å². The zero-order valence-corrected chi connectivity index (χ0v) is 11.6. The number of aromatic hydroxyl groups is 1. The molecule has 1 aromatic rings. The molecule has 1 aromatic carbocycles. The lowest BCUT2D eigenvalue weighted by Crippen LogP contribution is -2.35. The summed E-state index contributed by atoms with van der Waals surface area (Å²) in [6.07, 6.45) is 3.12. The van der Waals surface area contributed by atoms with Gasteiger partial charge in [0.15, 0.2) is 11.5 Å². The Bertz CT molecular complexity index is 556. The van der Waals surface area contributed by atoms with Crippen molar-refractivity contribution in [2.45, 2.75) is 31.5 Å². The number of ether oxygens (including phenoxy) is 1. The van der Waals surface area contributed by atoms with Gasteiger partial charge in [0.05, 0.1) is 7.11 Å². The molecule has 2 heterocycles. The van der Waals surface area contributed by atoms with Gasteiger partial charge in [0.2, 0.25) is 0 Å². The van der Waals surface area contributed by atoms with Crippen molar-refractivity contribution in [3.63, 3.8) is 0 Å². The second kappa shape index (κ2) is 4.02. The van der Waals surface area contributed by atoms with Crippen LogP contribution in [0.3, 0.4) is 0 Å². The van der Waals surface area contributed by atoms with Gasteiger partial charge in [-0.05, 0) is 30.7 Å². The van der Waals surface area contributed by atoms with Crippen LogP contribution >= 0.6 is 0 Å². The van der Waals surface area contributed by atoms with Gasteiger partial charge in [0.1, 0.15) is 6.23 Å². The summed E-state index contributed by atoms with van der Waals surface area (Å²) >= 11 is 0.